The minimum Gasteiger partial charge on any atom is -0.546 e. The Morgan fingerprint density at radius 3 is 2.06 bits per heavy atom. The van der Waals surface area contributed by atoms with E-state index in [-0.39, 0.29) is 33.9 Å². The van der Waals surface area contributed by atoms with Gasteiger partial charge in [0.1, 0.15) is 18.6 Å². The fourth-order valence-corrected chi connectivity index (χ4v) is 2.67. The van der Waals surface area contributed by atoms with Crippen LogP contribution >= 0.6 is 0 Å². The fraction of sp³-hybridized carbons (Fsp3) is 0.227. The van der Waals surface area contributed by atoms with E-state index < -0.39 is 36.7 Å². The zero-order chi connectivity index (χ0) is 24.5. The van der Waals surface area contributed by atoms with Gasteiger partial charge < -0.3 is 29.9 Å². The molecule has 2 unspecified atom stereocenters. The van der Waals surface area contributed by atoms with Crippen LogP contribution in [0.25, 0.3) is 0 Å². The molecule has 0 saturated carbocycles. The van der Waals surface area contributed by atoms with Crippen molar-refractivity contribution >= 4 is 29.3 Å². The molecule has 33 heavy (non-hydrogen) atoms. The van der Waals surface area contributed by atoms with E-state index in [2.05, 4.69) is 10.5 Å². The van der Waals surface area contributed by atoms with E-state index in [1.165, 1.54) is 62.4 Å². The summed E-state index contributed by atoms with van der Waals surface area (Å²) in [5.74, 6) is -2.97. The van der Waals surface area contributed by atoms with Crippen LogP contribution in [-0.4, -0.2) is 53.4 Å². The maximum absolute atomic E-state index is 12.6. The summed E-state index contributed by atoms with van der Waals surface area (Å²) >= 11 is 0. The molecule has 2 rings (SSSR count). The van der Waals surface area contributed by atoms with Crippen molar-refractivity contribution in [3.8, 4) is 5.75 Å². The van der Waals surface area contributed by atoms with E-state index in [1.807, 2.05) is 0 Å². The number of ether oxygens (including phenoxy) is 2. The molecule has 174 valence electrons. The van der Waals surface area contributed by atoms with Crippen molar-refractivity contribution in [1.82, 2.24) is 5.32 Å². The predicted octanol–water partition coefficient (Wildman–Crippen LogP) is -0.157. The van der Waals surface area contributed by atoms with Crippen LogP contribution in [0, 0.1) is 0 Å². The zero-order valence-corrected chi connectivity index (χ0v) is 17.8. The highest BCUT2D eigenvalue weighted by Crippen LogP contribution is 2.14. The third-order valence-corrected chi connectivity index (χ3v) is 4.24. The number of amides is 1. The number of carbonyl (C=O) groups excluding carboxylic acids is 4. The average molecular weight is 456 g/mol. The molecule has 0 fully saturated rings. The van der Waals surface area contributed by atoms with Crippen LogP contribution in [0.2, 0.25) is 0 Å². The normalized spacial score (nSPS) is 12.9. The molecule has 11 nitrogen and oxygen atoms in total. The minimum atomic E-state index is -1.37. The van der Waals surface area contributed by atoms with Gasteiger partial charge in [-0.2, -0.15) is 0 Å². The van der Waals surface area contributed by atoms with Crippen molar-refractivity contribution in [2.45, 2.75) is 26.1 Å². The molecule has 0 spiro atoms. The number of benzene rings is 2. The number of esters is 1. The van der Waals surface area contributed by atoms with Gasteiger partial charge in [-0.15, -0.1) is 0 Å². The summed E-state index contributed by atoms with van der Waals surface area (Å²) in [7, 11) is 0. The second-order valence-electron chi connectivity index (χ2n) is 6.88. The number of carboxylic acid groups (broad SMARTS) is 1. The van der Waals surface area contributed by atoms with E-state index in [0.717, 1.165) is 0 Å². The van der Waals surface area contributed by atoms with Crippen LogP contribution in [0.15, 0.2) is 53.7 Å². The van der Waals surface area contributed by atoms with Crippen LogP contribution in [-0.2, 0) is 14.3 Å². The number of hydrogen-bond acceptors (Lipinski definition) is 10. The number of rotatable bonds is 10. The van der Waals surface area contributed by atoms with Gasteiger partial charge in [0.05, 0.1) is 12.0 Å². The molecule has 2 atom stereocenters. The quantitative estimate of drug-likeness (QED) is 0.109. The molecule has 0 heterocycles. The van der Waals surface area contributed by atoms with Crippen LogP contribution in [0.5, 0.6) is 5.75 Å². The number of ketones is 1. The highest BCUT2D eigenvalue weighted by molar-refractivity contribution is 6.43. The first-order valence-corrected chi connectivity index (χ1v) is 9.69. The predicted molar refractivity (Wildman–Crippen MR) is 113 cm³/mol. The fourth-order valence-electron chi connectivity index (χ4n) is 2.67. The number of oxime groups is 1. The van der Waals surface area contributed by atoms with Crippen LogP contribution in [0.4, 0.5) is 0 Å². The first-order chi connectivity index (χ1) is 15.6. The Morgan fingerprint density at radius 2 is 1.55 bits per heavy atom. The van der Waals surface area contributed by atoms with E-state index in [1.54, 1.807) is 0 Å². The summed E-state index contributed by atoms with van der Waals surface area (Å²) in [5.41, 5.74) is 5.69. The lowest BCUT2D eigenvalue weighted by Crippen LogP contribution is -2.38. The summed E-state index contributed by atoms with van der Waals surface area (Å²) < 4.78 is 9.73. The molecule has 0 radical (unpaired) electrons. The molecular weight excluding hydrogens is 434 g/mol. The highest BCUT2D eigenvalue weighted by Gasteiger charge is 2.21. The molecule has 11 heteroatoms. The van der Waals surface area contributed by atoms with Gasteiger partial charge in [-0.1, -0.05) is 17.3 Å². The Bertz CT molecular complexity index is 1050. The molecule has 2 aromatic rings. The Morgan fingerprint density at radius 1 is 1.00 bits per heavy atom. The Hall–Kier alpha value is -4.25. The minimum absolute atomic E-state index is 0.197. The Labute approximate surface area is 188 Å². The molecule has 4 N–H and O–H groups in total. The number of hydrogen-bond donors (Lipinski definition) is 3. The number of nitrogens with two attached hydrogens (primary N) is 1. The van der Waals surface area contributed by atoms with Crippen LogP contribution < -0.4 is 20.9 Å². The summed E-state index contributed by atoms with van der Waals surface area (Å²) in [6.45, 7) is 2.33. The Kier molecular flexibility index (Phi) is 8.64. The number of nitrogens with zero attached hydrogens (tertiary/aromatic N) is 1. The first-order valence-electron chi connectivity index (χ1n) is 9.69. The van der Waals surface area contributed by atoms with Gasteiger partial charge in [-0.25, -0.2) is 4.79 Å². The second kappa shape index (κ2) is 11.4. The van der Waals surface area contributed by atoms with Gasteiger partial charge in [0.15, 0.2) is 11.5 Å². The third kappa shape index (κ3) is 7.14. The number of aliphatic carboxylic acids is 1. The molecule has 0 aliphatic carbocycles. The molecule has 0 aliphatic heterocycles. The Balaban J connectivity index is 2.01. The molecular formula is C22H22N3O8-. The molecule has 2 aromatic carbocycles. The first kappa shape index (κ1) is 25.0. The van der Waals surface area contributed by atoms with Gasteiger partial charge in [0, 0.05) is 16.7 Å². The van der Waals surface area contributed by atoms with Crippen LogP contribution in [0.1, 0.15) is 40.1 Å². The summed E-state index contributed by atoms with van der Waals surface area (Å²) in [6, 6.07) is 10.4. The highest BCUT2D eigenvalue weighted by atomic mass is 16.6. The van der Waals surface area contributed by atoms with Crippen molar-refractivity contribution in [3.05, 3.63) is 65.2 Å². The topological polar surface area (TPSA) is 180 Å². The molecule has 0 saturated heterocycles. The van der Waals surface area contributed by atoms with Crippen molar-refractivity contribution in [2.24, 2.45) is 10.9 Å². The molecule has 0 aliphatic rings. The lowest BCUT2D eigenvalue weighted by Gasteiger charge is -2.14. The smallest absolute Gasteiger partial charge is 0.362 e. The summed E-state index contributed by atoms with van der Waals surface area (Å²) in [4.78, 5) is 47.4. The van der Waals surface area contributed by atoms with E-state index in [9.17, 15) is 24.3 Å². The molecule has 0 aromatic heterocycles. The van der Waals surface area contributed by atoms with Crippen molar-refractivity contribution < 1.29 is 39.0 Å². The van der Waals surface area contributed by atoms with Crippen LogP contribution in [0.3, 0.4) is 0 Å². The molecule has 0 bridgehead atoms. The van der Waals surface area contributed by atoms with Gasteiger partial charge >= 0.3 is 5.97 Å². The number of carboxylic acids is 1. The number of Topliss-reactive ketones (excluding diaryl/α,β-unsaturated/α-hetero) is 1. The lowest BCUT2D eigenvalue weighted by atomic mass is 10.0. The maximum Gasteiger partial charge on any atom is 0.362 e. The van der Waals surface area contributed by atoms with E-state index >= 15 is 0 Å². The van der Waals surface area contributed by atoms with Crippen molar-refractivity contribution in [2.75, 3.05) is 6.61 Å². The average Bonchev–Trinajstić information content (AvgIpc) is 2.78. The standard InChI is InChI=1S/C22H23N3O8/c1-12(20(28)15-7-9-17(10-8-15)32-11-18(26)27)24-21(29)16-5-3-14(4-6-16)19(25-31)22(30)33-13(2)23/h3-10,12-13,31H,11,23H2,1-2H3,(H,24,29)(H,26,27)/p-1/b25-19-. The van der Waals surface area contributed by atoms with E-state index in [4.69, 9.17) is 20.4 Å². The van der Waals surface area contributed by atoms with Gasteiger partial charge in [-0.3, -0.25) is 15.3 Å². The van der Waals surface area contributed by atoms with E-state index in [0.29, 0.717) is 0 Å². The summed E-state index contributed by atoms with van der Waals surface area (Å²) in [5, 5.41) is 25.0. The van der Waals surface area contributed by atoms with Gasteiger partial charge in [-0.05, 0) is 50.2 Å². The number of nitrogens with one attached hydrogen (secondary N) is 1. The monoisotopic (exact) mass is 456 g/mol. The lowest BCUT2D eigenvalue weighted by molar-refractivity contribution is -0.307. The maximum atomic E-state index is 12.6. The van der Waals surface area contributed by atoms with Gasteiger partial charge in [0.2, 0.25) is 0 Å². The zero-order valence-electron chi connectivity index (χ0n) is 17.8. The molecule has 1 amide bonds. The largest absolute Gasteiger partial charge is 0.546 e. The third-order valence-electron chi connectivity index (χ3n) is 4.24. The summed E-state index contributed by atoms with van der Waals surface area (Å²) in [6.07, 6.45) is -0.899. The second-order valence-corrected chi connectivity index (χ2v) is 6.88. The van der Waals surface area contributed by atoms with Gasteiger partial charge in [0.25, 0.3) is 5.91 Å². The van der Waals surface area contributed by atoms with Crippen molar-refractivity contribution in [3.63, 3.8) is 0 Å². The van der Waals surface area contributed by atoms with Crippen molar-refractivity contribution in [1.29, 1.82) is 0 Å². The SMILES string of the molecule is CC(N)OC(=O)/C(=N\O)c1ccc(C(=O)NC(C)C(=O)c2ccc(OCC(=O)[O-])cc2)cc1. The number of carbonyl (C=O) groups is 4.